The Labute approximate surface area is 133 Å². The zero-order valence-electron chi connectivity index (χ0n) is 13.1. The summed E-state index contributed by atoms with van der Waals surface area (Å²) >= 11 is 0. The van der Waals surface area contributed by atoms with Gasteiger partial charge in [0.2, 0.25) is 5.91 Å². The fraction of sp³-hybridized carbons (Fsp3) is 0.846. The lowest BCUT2D eigenvalue weighted by molar-refractivity contribution is -0.305. The number of methoxy groups -OCH3 is 2. The van der Waals surface area contributed by atoms with Gasteiger partial charge in [0.05, 0.1) is 25.9 Å². The molecule has 10 nitrogen and oxygen atoms in total. The summed E-state index contributed by atoms with van der Waals surface area (Å²) in [6.45, 7) is 0.402. The van der Waals surface area contributed by atoms with E-state index in [4.69, 9.17) is 14.6 Å². The molecule has 1 unspecified atom stereocenters. The van der Waals surface area contributed by atoms with Gasteiger partial charge in [-0.25, -0.2) is 4.79 Å². The quantitative estimate of drug-likeness (QED) is 0.316. The molecule has 1 rings (SSSR count). The highest BCUT2D eigenvalue weighted by atomic mass is 16.7. The third-order valence-electron chi connectivity index (χ3n) is 3.69. The summed E-state index contributed by atoms with van der Waals surface area (Å²) in [5.74, 6) is -3.48. The average molecular weight is 337 g/mol. The SMILES string of the molecule is COC(=O)[C@@]1(OC)C[C@@H](O)[C@@H](NC(C)=O)C([C@H](O)[C@H](O)CO)O1. The van der Waals surface area contributed by atoms with Crippen molar-refractivity contribution in [3.05, 3.63) is 0 Å². The van der Waals surface area contributed by atoms with Crippen LogP contribution < -0.4 is 5.32 Å². The molecule has 134 valence electrons. The molecule has 0 aliphatic carbocycles. The van der Waals surface area contributed by atoms with Crippen molar-refractivity contribution in [1.82, 2.24) is 5.32 Å². The molecule has 1 amide bonds. The minimum absolute atomic E-state index is 0.362. The number of carbonyl (C=O) groups excluding carboxylic acids is 2. The molecule has 0 saturated carbocycles. The van der Waals surface area contributed by atoms with Crippen LogP contribution in [0, 0.1) is 0 Å². The van der Waals surface area contributed by atoms with Gasteiger partial charge in [-0.15, -0.1) is 0 Å². The number of ether oxygens (including phenoxy) is 3. The second kappa shape index (κ2) is 7.99. The van der Waals surface area contributed by atoms with E-state index in [0.717, 1.165) is 14.2 Å². The third kappa shape index (κ3) is 4.16. The van der Waals surface area contributed by atoms with Gasteiger partial charge in [0.15, 0.2) is 0 Å². The molecule has 23 heavy (non-hydrogen) atoms. The van der Waals surface area contributed by atoms with Crippen LogP contribution in [0.15, 0.2) is 0 Å². The highest BCUT2D eigenvalue weighted by molar-refractivity contribution is 5.78. The highest BCUT2D eigenvalue weighted by Crippen LogP contribution is 2.33. The van der Waals surface area contributed by atoms with Crippen LogP contribution in [0.2, 0.25) is 0 Å². The lowest BCUT2D eigenvalue weighted by Crippen LogP contribution is -2.67. The molecule has 6 atom stereocenters. The summed E-state index contributed by atoms with van der Waals surface area (Å²) in [7, 11) is 2.24. The number of amides is 1. The maximum absolute atomic E-state index is 11.9. The Hall–Kier alpha value is -1.30. The zero-order chi connectivity index (χ0) is 17.8. The molecule has 1 fully saturated rings. The number of aliphatic hydroxyl groups excluding tert-OH is 4. The smallest absolute Gasteiger partial charge is 0.366 e. The van der Waals surface area contributed by atoms with Crippen molar-refractivity contribution in [2.24, 2.45) is 0 Å². The van der Waals surface area contributed by atoms with E-state index in [1.807, 2.05) is 0 Å². The van der Waals surface area contributed by atoms with Crippen LogP contribution in [0.25, 0.3) is 0 Å². The molecule has 5 N–H and O–H groups in total. The van der Waals surface area contributed by atoms with E-state index in [-0.39, 0.29) is 6.42 Å². The Morgan fingerprint density at radius 3 is 2.43 bits per heavy atom. The van der Waals surface area contributed by atoms with E-state index in [1.165, 1.54) is 6.92 Å². The van der Waals surface area contributed by atoms with Gasteiger partial charge in [0.1, 0.15) is 18.3 Å². The standard InChI is InChI=1S/C13H23NO9/c1-6(16)14-9-7(17)4-13(22-3,12(20)21-2)23-11(9)10(19)8(18)5-15/h7-11,15,17-19H,4-5H2,1-3H3,(H,14,16)/t7-,8-,9-,10-,11?,13-/m1/s1. The van der Waals surface area contributed by atoms with E-state index < -0.39 is 54.7 Å². The Morgan fingerprint density at radius 2 is 2.00 bits per heavy atom. The second-order valence-corrected chi connectivity index (χ2v) is 5.27. The van der Waals surface area contributed by atoms with Crippen molar-refractivity contribution < 1.29 is 44.2 Å². The Kier molecular flexibility index (Phi) is 6.86. The molecule has 0 bridgehead atoms. The number of hydrogen-bond donors (Lipinski definition) is 5. The molecular weight excluding hydrogens is 314 g/mol. The molecule has 0 radical (unpaired) electrons. The fourth-order valence-electron chi connectivity index (χ4n) is 2.49. The molecule has 0 spiro atoms. The number of nitrogens with one attached hydrogen (secondary N) is 1. The van der Waals surface area contributed by atoms with E-state index >= 15 is 0 Å². The van der Waals surface area contributed by atoms with Crippen molar-refractivity contribution in [3.8, 4) is 0 Å². The van der Waals surface area contributed by atoms with Gasteiger partial charge in [-0.3, -0.25) is 4.79 Å². The maximum Gasteiger partial charge on any atom is 0.366 e. The number of carbonyl (C=O) groups is 2. The van der Waals surface area contributed by atoms with Gasteiger partial charge in [0.25, 0.3) is 5.79 Å². The largest absolute Gasteiger partial charge is 0.465 e. The predicted molar refractivity (Wildman–Crippen MR) is 74.0 cm³/mol. The van der Waals surface area contributed by atoms with Gasteiger partial charge in [0, 0.05) is 20.5 Å². The number of aliphatic hydroxyl groups is 4. The summed E-state index contributed by atoms with van der Waals surface area (Å²) in [5, 5.41) is 41.4. The minimum atomic E-state index is -2.01. The van der Waals surface area contributed by atoms with Crippen LogP contribution in [0.5, 0.6) is 0 Å². The molecule has 1 aliphatic rings. The first-order chi connectivity index (χ1) is 10.7. The highest BCUT2D eigenvalue weighted by Gasteiger charge is 2.55. The second-order valence-electron chi connectivity index (χ2n) is 5.27. The van der Waals surface area contributed by atoms with Gasteiger partial charge >= 0.3 is 5.97 Å². The molecule has 10 heteroatoms. The lowest BCUT2D eigenvalue weighted by Gasteiger charge is -2.46. The normalized spacial score (nSPS) is 33.6. The van der Waals surface area contributed by atoms with Gasteiger partial charge in [-0.05, 0) is 0 Å². The molecule has 1 aliphatic heterocycles. The number of rotatable bonds is 6. The topological polar surface area (TPSA) is 155 Å². The maximum atomic E-state index is 11.9. The van der Waals surface area contributed by atoms with Crippen molar-refractivity contribution in [2.75, 3.05) is 20.8 Å². The lowest BCUT2D eigenvalue weighted by atomic mass is 9.88. The molecule has 0 aromatic carbocycles. The third-order valence-corrected chi connectivity index (χ3v) is 3.69. The van der Waals surface area contributed by atoms with Crippen LogP contribution >= 0.6 is 0 Å². The predicted octanol–water partition coefficient (Wildman–Crippen LogP) is -3.13. The summed E-state index contributed by atoms with van der Waals surface area (Å²) in [6.07, 6.45) is -6.44. The van der Waals surface area contributed by atoms with Crippen molar-refractivity contribution >= 4 is 11.9 Å². The molecule has 1 heterocycles. The van der Waals surface area contributed by atoms with E-state index in [1.54, 1.807) is 0 Å². The summed E-state index contributed by atoms with van der Waals surface area (Å²) in [6, 6.07) is -1.13. The van der Waals surface area contributed by atoms with E-state index in [0.29, 0.717) is 0 Å². The monoisotopic (exact) mass is 337 g/mol. The van der Waals surface area contributed by atoms with E-state index in [9.17, 15) is 24.9 Å². The van der Waals surface area contributed by atoms with Crippen LogP contribution in [0.1, 0.15) is 13.3 Å². The fourth-order valence-corrected chi connectivity index (χ4v) is 2.49. The summed E-state index contributed by atoms with van der Waals surface area (Å²) in [4.78, 5) is 23.2. The number of esters is 1. The van der Waals surface area contributed by atoms with Gasteiger partial charge in [-0.1, -0.05) is 0 Å². The van der Waals surface area contributed by atoms with Gasteiger partial charge in [-0.2, -0.15) is 0 Å². The van der Waals surface area contributed by atoms with Crippen molar-refractivity contribution in [2.45, 2.75) is 49.6 Å². The van der Waals surface area contributed by atoms with Gasteiger partial charge < -0.3 is 40.0 Å². The average Bonchev–Trinajstić information content (AvgIpc) is 2.53. The van der Waals surface area contributed by atoms with Crippen molar-refractivity contribution in [3.63, 3.8) is 0 Å². The Morgan fingerprint density at radius 1 is 1.39 bits per heavy atom. The molecular formula is C13H23NO9. The summed E-state index contributed by atoms with van der Waals surface area (Å²) in [5.41, 5.74) is 0. The van der Waals surface area contributed by atoms with Crippen LogP contribution in [-0.2, 0) is 23.8 Å². The first kappa shape index (κ1) is 19.7. The van der Waals surface area contributed by atoms with Crippen LogP contribution in [0.4, 0.5) is 0 Å². The van der Waals surface area contributed by atoms with Crippen LogP contribution in [-0.4, -0.2) is 89.4 Å². The molecule has 0 aromatic heterocycles. The Bertz CT molecular complexity index is 432. The first-order valence-electron chi connectivity index (χ1n) is 6.96. The minimum Gasteiger partial charge on any atom is -0.465 e. The summed E-state index contributed by atoms with van der Waals surface area (Å²) < 4.78 is 15.1. The molecule has 0 aromatic rings. The molecule has 1 saturated heterocycles. The van der Waals surface area contributed by atoms with Crippen LogP contribution in [0.3, 0.4) is 0 Å². The zero-order valence-corrected chi connectivity index (χ0v) is 13.1. The Balaban J connectivity index is 3.17. The number of hydrogen-bond acceptors (Lipinski definition) is 9. The first-order valence-corrected chi connectivity index (χ1v) is 6.96. The van der Waals surface area contributed by atoms with E-state index in [2.05, 4.69) is 10.1 Å². The van der Waals surface area contributed by atoms with Crippen molar-refractivity contribution in [1.29, 1.82) is 0 Å².